The number of hydrogen-bond donors (Lipinski definition) is 3. The first kappa shape index (κ1) is 18.7. The summed E-state index contributed by atoms with van der Waals surface area (Å²) < 4.78 is 11.0. The standard InChI is InChI=1S/C18H28N2O4/c1-13-6-8-14(9-7-13)19-10-4-5-11-20-17(22)16-15(12-21)23-18(2,3)24-16/h6-9,15-16,19,21H,4-5,10-12H2,1-3H3,(H,20,22)/t15-,16-/m0/s1. The summed E-state index contributed by atoms with van der Waals surface area (Å²) in [6, 6.07) is 8.27. The average molecular weight is 336 g/mol. The highest BCUT2D eigenvalue weighted by atomic mass is 16.8. The van der Waals surface area contributed by atoms with Crippen molar-refractivity contribution in [2.45, 2.75) is 51.6 Å². The Hall–Kier alpha value is -1.63. The normalized spacial score (nSPS) is 22.3. The van der Waals surface area contributed by atoms with Crippen molar-refractivity contribution < 1.29 is 19.4 Å². The Morgan fingerprint density at radius 3 is 2.50 bits per heavy atom. The third kappa shape index (κ3) is 5.47. The topological polar surface area (TPSA) is 79.8 Å². The lowest BCUT2D eigenvalue weighted by Gasteiger charge is -2.16. The van der Waals surface area contributed by atoms with E-state index in [9.17, 15) is 9.90 Å². The second kappa shape index (κ2) is 8.46. The fourth-order valence-electron chi connectivity index (χ4n) is 2.66. The molecule has 0 saturated carbocycles. The highest BCUT2D eigenvalue weighted by Crippen LogP contribution is 2.27. The van der Waals surface area contributed by atoms with Crippen LogP contribution >= 0.6 is 0 Å². The van der Waals surface area contributed by atoms with Crippen LogP contribution in [0.1, 0.15) is 32.3 Å². The summed E-state index contributed by atoms with van der Waals surface area (Å²) in [4.78, 5) is 12.1. The number of anilines is 1. The highest BCUT2D eigenvalue weighted by Gasteiger charge is 2.44. The van der Waals surface area contributed by atoms with E-state index in [0.29, 0.717) is 6.54 Å². The van der Waals surface area contributed by atoms with Crippen molar-refractivity contribution >= 4 is 11.6 Å². The van der Waals surface area contributed by atoms with Crippen LogP contribution < -0.4 is 10.6 Å². The Morgan fingerprint density at radius 2 is 1.83 bits per heavy atom. The molecule has 6 heteroatoms. The maximum atomic E-state index is 12.1. The van der Waals surface area contributed by atoms with Gasteiger partial charge in [0.05, 0.1) is 6.61 Å². The lowest BCUT2D eigenvalue weighted by Crippen LogP contribution is -2.42. The Bertz CT molecular complexity index is 530. The predicted octanol–water partition coefficient (Wildman–Crippen LogP) is 1.82. The lowest BCUT2D eigenvalue weighted by atomic mass is 10.2. The van der Waals surface area contributed by atoms with Gasteiger partial charge in [0, 0.05) is 18.8 Å². The monoisotopic (exact) mass is 336 g/mol. The molecular formula is C18H28N2O4. The summed E-state index contributed by atoms with van der Waals surface area (Å²) in [5.74, 6) is -1.07. The number of ether oxygens (including phenoxy) is 2. The second-order valence-electron chi connectivity index (χ2n) is 6.57. The third-order valence-electron chi connectivity index (χ3n) is 3.91. The molecule has 1 saturated heterocycles. The first-order valence-electron chi connectivity index (χ1n) is 8.46. The zero-order chi connectivity index (χ0) is 17.6. The van der Waals surface area contributed by atoms with Crippen molar-refractivity contribution in [3.05, 3.63) is 29.8 Å². The van der Waals surface area contributed by atoms with Crippen LogP contribution in [0.25, 0.3) is 0 Å². The van der Waals surface area contributed by atoms with Gasteiger partial charge in [-0.1, -0.05) is 17.7 Å². The zero-order valence-electron chi connectivity index (χ0n) is 14.7. The van der Waals surface area contributed by atoms with Crippen molar-refractivity contribution in [2.75, 3.05) is 25.0 Å². The predicted molar refractivity (Wildman–Crippen MR) is 92.8 cm³/mol. The molecule has 1 aliphatic rings. The lowest BCUT2D eigenvalue weighted by molar-refractivity contribution is -0.157. The number of aliphatic hydroxyl groups is 1. The van der Waals surface area contributed by atoms with Gasteiger partial charge >= 0.3 is 0 Å². The van der Waals surface area contributed by atoms with Crippen LogP contribution in [-0.2, 0) is 14.3 Å². The summed E-state index contributed by atoms with van der Waals surface area (Å²) in [5, 5.41) is 15.5. The number of carbonyl (C=O) groups is 1. The molecular weight excluding hydrogens is 308 g/mol. The molecule has 1 aromatic carbocycles. The fourth-order valence-corrected chi connectivity index (χ4v) is 2.66. The van der Waals surface area contributed by atoms with E-state index in [4.69, 9.17) is 9.47 Å². The quantitative estimate of drug-likeness (QED) is 0.631. The molecule has 24 heavy (non-hydrogen) atoms. The largest absolute Gasteiger partial charge is 0.394 e. The van der Waals surface area contributed by atoms with Crippen molar-refractivity contribution in [3.63, 3.8) is 0 Å². The summed E-state index contributed by atoms with van der Waals surface area (Å²) >= 11 is 0. The molecule has 1 aromatic rings. The van der Waals surface area contributed by atoms with Gasteiger partial charge in [-0.05, 0) is 45.7 Å². The Morgan fingerprint density at radius 1 is 1.17 bits per heavy atom. The number of unbranched alkanes of at least 4 members (excludes halogenated alkanes) is 1. The smallest absolute Gasteiger partial charge is 0.252 e. The molecule has 6 nitrogen and oxygen atoms in total. The van der Waals surface area contributed by atoms with Gasteiger partial charge in [-0.15, -0.1) is 0 Å². The molecule has 0 bridgehead atoms. The molecule has 0 aromatic heterocycles. The maximum absolute atomic E-state index is 12.1. The van der Waals surface area contributed by atoms with Crippen molar-refractivity contribution in [2.24, 2.45) is 0 Å². The minimum Gasteiger partial charge on any atom is -0.394 e. The van der Waals surface area contributed by atoms with Gasteiger partial charge in [-0.2, -0.15) is 0 Å². The van der Waals surface area contributed by atoms with E-state index < -0.39 is 18.0 Å². The number of aryl methyl sites for hydroxylation is 1. The van der Waals surface area contributed by atoms with Gasteiger partial charge in [0.15, 0.2) is 11.9 Å². The summed E-state index contributed by atoms with van der Waals surface area (Å²) in [7, 11) is 0. The van der Waals surface area contributed by atoms with Crippen LogP contribution in [0.5, 0.6) is 0 Å². The fraction of sp³-hybridized carbons (Fsp3) is 0.611. The molecule has 1 fully saturated rings. The first-order valence-corrected chi connectivity index (χ1v) is 8.46. The molecule has 134 valence electrons. The molecule has 2 rings (SSSR count). The molecule has 2 atom stereocenters. The summed E-state index contributed by atoms with van der Waals surface area (Å²) in [5.41, 5.74) is 2.35. The van der Waals surface area contributed by atoms with Crippen LogP contribution in [0.2, 0.25) is 0 Å². The van der Waals surface area contributed by atoms with Crippen LogP contribution in [-0.4, -0.2) is 48.7 Å². The number of aliphatic hydroxyl groups excluding tert-OH is 1. The molecule has 0 radical (unpaired) electrons. The van der Waals surface area contributed by atoms with E-state index in [1.807, 2.05) is 0 Å². The van der Waals surface area contributed by atoms with Gasteiger partial charge in [-0.25, -0.2) is 0 Å². The number of carbonyl (C=O) groups excluding carboxylic acids is 1. The van der Waals surface area contributed by atoms with Gasteiger partial charge in [-0.3, -0.25) is 4.79 Å². The third-order valence-corrected chi connectivity index (χ3v) is 3.91. The Balaban J connectivity index is 1.61. The van der Waals surface area contributed by atoms with Crippen molar-refractivity contribution in [1.29, 1.82) is 0 Å². The molecule has 1 amide bonds. The van der Waals surface area contributed by atoms with E-state index in [1.54, 1.807) is 13.8 Å². The minimum atomic E-state index is -0.840. The maximum Gasteiger partial charge on any atom is 0.252 e. The average Bonchev–Trinajstić information content (AvgIpc) is 2.87. The summed E-state index contributed by atoms with van der Waals surface area (Å²) in [6.45, 7) is 6.73. The van der Waals surface area contributed by atoms with Gasteiger partial charge < -0.3 is 25.2 Å². The molecule has 1 heterocycles. The van der Waals surface area contributed by atoms with Crippen LogP contribution in [0.3, 0.4) is 0 Å². The van der Waals surface area contributed by atoms with Crippen molar-refractivity contribution in [1.82, 2.24) is 5.32 Å². The molecule has 0 spiro atoms. The highest BCUT2D eigenvalue weighted by molar-refractivity contribution is 5.81. The number of benzene rings is 1. The van der Waals surface area contributed by atoms with Gasteiger partial charge in [0.2, 0.25) is 0 Å². The van der Waals surface area contributed by atoms with Crippen molar-refractivity contribution in [3.8, 4) is 0 Å². The Labute approximate surface area is 143 Å². The number of rotatable bonds is 8. The van der Waals surface area contributed by atoms with Crippen LogP contribution in [0.15, 0.2) is 24.3 Å². The zero-order valence-corrected chi connectivity index (χ0v) is 14.7. The van der Waals surface area contributed by atoms with E-state index in [2.05, 4.69) is 41.8 Å². The number of amides is 1. The van der Waals surface area contributed by atoms with Gasteiger partial charge in [0.1, 0.15) is 6.10 Å². The van der Waals surface area contributed by atoms with Gasteiger partial charge in [0.25, 0.3) is 5.91 Å². The van der Waals surface area contributed by atoms with E-state index in [-0.39, 0.29) is 12.5 Å². The van der Waals surface area contributed by atoms with E-state index in [0.717, 1.165) is 25.1 Å². The molecule has 0 aliphatic carbocycles. The van der Waals surface area contributed by atoms with Crippen LogP contribution in [0.4, 0.5) is 5.69 Å². The SMILES string of the molecule is Cc1ccc(NCCCCNC(=O)[C@H]2OC(C)(C)O[C@H]2CO)cc1. The molecule has 3 N–H and O–H groups in total. The van der Waals surface area contributed by atoms with E-state index >= 15 is 0 Å². The minimum absolute atomic E-state index is 0.230. The molecule has 1 aliphatic heterocycles. The van der Waals surface area contributed by atoms with E-state index in [1.165, 1.54) is 5.56 Å². The molecule has 0 unspecified atom stereocenters. The first-order chi connectivity index (χ1) is 11.4. The summed E-state index contributed by atoms with van der Waals surface area (Å²) in [6.07, 6.45) is 0.454. The Kier molecular flexibility index (Phi) is 6.60. The number of hydrogen-bond acceptors (Lipinski definition) is 5. The van der Waals surface area contributed by atoms with Crippen LogP contribution in [0, 0.1) is 6.92 Å². The second-order valence-corrected chi connectivity index (χ2v) is 6.57. The number of nitrogens with one attached hydrogen (secondary N) is 2.